The predicted octanol–water partition coefficient (Wildman–Crippen LogP) is 1.35. The van der Waals surface area contributed by atoms with Crippen LogP contribution in [0.25, 0.3) is 11.6 Å². The van der Waals surface area contributed by atoms with Crippen LogP contribution in [-0.4, -0.2) is 6.04 Å². The van der Waals surface area contributed by atoms with Crippen LogP contribution in [0, 0.1) is 0 Å². The predicted molar refractivity (Wildman–Crippen MR) is 65.5 cm³/mol. The molecule has 1 aliphatic carbocycles. The normalized spacial score (nSPS) is 19.5. The van der Waals surface area contributed by atoms with Crippen LogP contribution < -0.4 is 15.8 Å². The van der Waals surface area contributed by atoms with Crippen molar-refractivity contribution >= 4 is 17.3 Å². The molecular formula is C15H10N. The molecule has 1 aliphatic heterocycles. The lowest BCUT2D eigenvalue weighted by Crippen LogP contribution is -2.21. The van der Waals surface area contributed by atoms with Crippen LogP contribution in [0.3, 0.4) is 0 Å². The van der Waals surface area contributed by atoms with Gasteiger partial charge in [0.1, 0.15) is 0 Å². The zero-order valence-electron chi connectivity index (χ0n) is 8.70. The van der Waals surface area contributed by atoms with Gasteiger partial charge in [-0.3, -0.25) is 0 Å². The molecule has 2 aliphatic rings. The number of rotatable bonds is 0. The quantitative estimate of drug-likeness (QED) is 0.683. The van der Waals surface area contributed by atoms with Gasteiger partial charge in [0.05, 0.1) is 6.04 Å². The molecule has 0 saturated carbocycles. The molecule has 4 rings (SSSR count). The Balaban J connectivity index is 2.16. The van der Waals surface area contributed by atoms with E-state index in [-0.39, 0.29) is 6.04 Å². The van der Waals surface area contributed by atoms with E-state index < -0.39 is 0 Å². The van der Waals surface area contributed by atoms with Gasteiger partial charge in [-0.15, -0.1) is 0 Å². The number of fused-ring (bicyclic) bond motifs is 4. The standard InChI is InChI=1S/C15H10N/c1-2-6-11-10(5-1)9-14-15(11)12-7-3-4-8-13(12)16-14/h1-8,14,16H. The molecule has 16 heavy (non-hydrogen) atoms. The Morgan fingerprint density at radius 3 is 2.75 bits per heavy atom. The molecule has 1 heterocycles. The monoisotopic (exact) mass is 204 g/mol. The van der Waals surface area contributed by atoms with Crippen molar-refractivity contribution in [3.63, 3.8) is 0 Å². The Kier molecular flexibility index (Phi) is 1.41. The van der Waals surface area contributed by atoms with Gasteiger partial charge in [0.25, 0.3) is 0 Å². The highest BCUT2D eigenvalue weighted by Crippen LogP contribution is 2.34. The summed E-state index contributed by atoms with van der Waals surface area (Å²) >= 11 is 0. The summed E-state index contributed by atoms with van der Waals surface area (Å²) in [7, 11) is 0. The first-order valence-corrected chi connectivity index (χ1v) is 5.52. The summed E-state index contributed by atoms with van der Waals surface area (Å²) in [6, 6.07) is 17.2. The first-order valence-electron chi connectivity index (χ1n) is 5.52. The summed E-state index contributed by atoms with van der Waals surface area (Å²) in [6.45, 7) is 0. The number of para-hydroxylation sites is 1. The largest absolute Gasteiger partial charge is 0.374 e. The molecule has 0 spiro atoms. The van der Waals surface area contributed by atoms with Gasteiger partial charge in [0, 0.05) is 11.3 Å². The highest BCUT2D eigenvalue weighted by Gasteiger charge is 2.27. The van der Waals surface area contributed by atoms with Crippen molar-refractivity contribution in [1.82, 2.24) is 0 Å². The number of hydrogen-bond acceptors (Lipinski definition) is 1. The zero-order valence-corrected chi connectivity index (χ0v) is 8.70. The summed E-state index contributed by atoms with van der Waals surface area (Å²) in [5, 5.41) is 6.05. The molecule has 0 saturated heterocycles. The van der Waals surface area contributed by atoms with E-state index in [4.69, 9.17) is 0 Å². The Hall–Kier alpha value is -2.02. The molecule has 1 radical (unpaired) electrons. The molecule has 1 unspecified atom stereocenters. The molecule has 1 atom stereocenters. The van der Waals surface area contributed by atoms with Crippen molar-refractivity contribution in [2.24, 2.45) is 0 Å². The van der Waals surface area contributed by atoms with Gasteiger partial charge in [0.2, 0.25) is 0 Å². The molecule has 0 bridgehead atoms. The van der Waals surface area contributed by atoms with Crippen molar-refractivity contribution in [1.29, 1.82) is 0 Å². The van der Waals surface area contributed by atoms with Gasteiger partial charge in [-0.05, 0) is 28.2 Å². The number of hydrogen-bond donors (Lipinski definition) is 1. The Bertz CT molecular complexity index is 697. The molecule has 2 aromatic carbocycles. The van der Waals surface area contributed by atoms with Crippen LogP contribution in [-0.2, 0) is 0 Å². The number of benzene rings is 2. The summed E-state index contributed by atoms with van der Waals surface area (Å²) in [5.41, 5.74) is 3.93. The fourth-order valence-corrected chi connectivity index (χ4v) is 2.64. The zero-order chi connectivity index (χ0) is 10.5. The first kappa shape index (κ1) is 8.17. The highest BCUT2D eigenvalue weighted by atomic mass is 15.0. The van der Waals surface area contributed by atoms with Crippen molar-refractivity contribution in [3.05, 3.63) is 64.5 Å². The number of anilines is 1. The molecule has 0 fully saturated rings. The Morgan fingerprint density at radius 1 is 0.938 bits per heavy atom. The van der Waals surface area contributed by atoms with Gasteiger partial charge in [-0.25, -0.2) is 0 Å². The molecule has 2 aromatic rings. The lowest BCUT2D eigenvalue weighted by atomic mass is 10.0. The van der Waals surface area contributed by atoms with E-state index in [1.807, 2.05) is 0 Å². The van der Waals surface area contributed by atoms with E-state index in [1.165, 1.54) is 27.3 Å². The fraction of sp³-hybridized carbons (Fsp3) is 0.0667. The maximum absolute atomic E-state index is 3.50. The van der Waals surface area contributed by atoms with Crippen LogP contribution in [0.1, 0.15) is 5.56 Å². The molecule has 1 nitrogen and oxygen atoms in total. The van der Waals surface area contributed by atoms with Gasteiger partial charge < -0.3 is 5.32 Å². The van der Waals surface area contributed by atoms with Crippen molar-refractivity contribution < 1.29 is 0 Å². The van der Waals surface area contributed by atoms with E-state index >= 15 is 0 Å². The average molecular weight is 204 g/mol. The fourth-order valence-electron chi connectivity index (χ4n) is 2.64. The minimum absolute atomic E-state index is 0.245. The first-order chi connectivity index (χ1) is 7.93. The van der Waals surface area contributed by atoms with Gasteiger partial charge in [-0.2, -0.15) is 0 Å². The smallest absolute Gasteiger partial charge is 0.0790 e. The Morgan fingerprint density at radius 2 is 1.75 bits per heavy atom. The van der Waals surface area contributed by atoms with Crippen LogP contribution in [0.2, 0.25) is 0 Å². The van der Waals surface area contributed by atoms with Gasteiger partial charge in [-0.1, -0.05) is 42.5 Å². The van der Waals surface area contributed by atoms with Crippen LogP contribution in [0.15, 0.2) is 48.5 Å². The summed E-state index contributed by atoms with van der Waals surface area (Å²) in [6.07, 6.45) is 3.50. The van der Waals surface area contributed by atoms with Gasteiger partial charge in [0.15, 0.2) is 0 Å². The summed E-state index contributed by atoms with van der Waals surface area (Å²) in [5.74, 6) is 0. The lowest BCUT2D eigenvalue weighted by molar-refractivity contribution is 1.26. The third-order valence-electron chi connectivity index (χ3n) is 3.32. The number of nitrogens with one attached hydrogen (secondary N) is 1. The second-order valence-corrected chi connectivity index (χ2v) is 4.23. The van der Waals surface area contributed by atoms with E-state index in [1.54, 1.807) is 0 Å². The van der Waals surface area contributed by atoms with Crippen molar-refractivity contribution in [3.8, 4) is 0 Å². The molecule has 1 heteroatoms. The van der Waals surface area contributed by atoms with E-state index in [9.17, 15) is 0 Å². The van der Waals surface area contributed by atoms with Crippen LogP contribution >= 0.6 is 0 Å². The molecular weight excluding hydrogens is 194 g/mol. The molecule has 0 amide bonds. The topological polar surface area (TPSA) is 12.0 Å². The Labute approximate surface area is 93.7 Å². The van der Waals surface area contributed by atoms with E-state index in [0.717, 1.165) is 0 Å². The van der Waals surface area contributed by atoms with Gasteiger partial charge >= 0.3 is 0 Å². The van der Waals surface area contributed by atoms with E-state index in [2.05, 4.69) is 59.9 Å². The van der Waals surface area contributed by atoms with Crippen LogP contribution in [0.5, 0.6) is 0 Å². The average Bonchev–Trinajstić information content (AvgIpc) is 2.83. The summed E-state index contributed by atoms with van der Waals surface area (Å²) < 4.78 is 0. The highest BCUT2D eigenvalue weighted by molar-refractivity contribution is 5.92. The maximum Gasteiger partial charge on any atom is 0.0790 e. The van der Waals surface area contributed by atoms with Crippen molar-refractivity contribution in [2.75, 3.05) is 5.32 Å². The van der Waals surface area contributed by atoms with E-state index in [0.29, 0.717) is 0 Å². The second-order valence-electron chi connectivity index (χ2n) is 4.23. The second kappa shape index (κ2) is 2.76. The minimum atomic E-state index is 0.245. The lowest BCUT2D eigenvalue weighted by Gasteiger charge is -2.01. The van der Waals surface area contributed by atoms with Crippen LogP contribution in [0.4, 0.5) is 5.69 Å². The third kappa shape index (κ3) is 0.904. The summed E-state index contributed by atoms with van der Waals surface area (Å²) in [4.78, 5) is 0. The minimum Gasteiger partial charge on any atom is -0.374 e. The SMILES string of the molecule is [C]1=c2ccccc2=C2c3ccccc3NC12. The maximum atomic E-state index is 3.50. The third-order valence-corrected chi connectivity index (χ3v) is 3.32. The molecule has 75 valence electrons. The molecule has 1 N–H and O–H groups in total. The van der Waals surface area contributed by atoms with Crippen molar-refractivity contribution in [2.45, 2.75) is 6.04 Å². The molecule has 0 aromatic heterocycles.